The van der Waals surface area contributed by atoms with Crippen LogP contribution in [0.25, 0.3) is 10.8 Å². The Labute approximate surface area is 133 Å². The lowest BCUT2D eigenvalue weighted by Gasteiger charge is -2.29. The minimum atomic E-state index is -3.33. The predicted molar refractivity (Wildman–Crippen MR) is 92.7 cm³/mol. The van der Waals surface area contributed by atoms with Crippen molar-refractivity contribution in [2.24, 2.45) is 0 Å². The summed E-state index contributed by atoms with van der Waals surface area (Å²) in [4.78, 5) is 12.3. The highest BCUT2D eigenvalue weighted by atomic mass is 31.2. The van der Waals surface area contributed by atoms with Gasteiger partial charge in [-0.2, -0.15) is 0 Å². The van der Waals surface area contributed by atoms with Crippen molar-refractivity contribution in [1.82, 2.24) is 5.09 Å². The summed E-state index contributed by atoms with van der Waals surface area (Å²) in [6.45, 7) is 0. The third kappa shape index (κ3) is 2.45. The number of hydrogen-bond donors (Lipinski definition) is 3. The zero-order chi connectivity index (χ0) is 15.9. The summed E-state index contributed by atoms with van der Waals surface area (Å²) in [7, 11) is -3.33. The molecule has 3 aromatic rings. The number of anilines is 2. The van der Waals surface area contributed by atoms with E-state index < -0.39 is 7.59 Å². The van der Waals surface area contributed by atoms with Gasteiger partial charge in [0.25, 0.3) is 5.91 Å². The van der Waals surface area contributed by atoms with Gasteiger partial charge in [-0.15, -0.1) is 0 Å². The van der Waals surface area contributed by atoms with E-state index in [0.717, 1.165) is 22.1 Å². The van der Waals surface area contributed by atoms with Gasteiger partial charge in [-0.25, -0.2) is 0 Å². The third-order valence-corrected chi connectivity index (χ3v) is 5.39. The van der Waals surface area contributed by atoms with Crippen molar-refractivity contribution in [2.45, 2.75) is 0 Å². The van der Waals surface area contributed by atoms with Crippen molar-refractivity contribution in [3.8, 4) is 0 Å². The zero-order valence-electron chi connectivity index (χ0n) is 12.1. The van der Waals surface area contributed by atoms with Crippen LogP contribution in [0.15, 0.2) is 66.7 Å². The maximum absolute atomic E-state index is 13.1. The Morgan fingerprint density at radius 3 is 2.04 bits per heavy atom. The van der Waals surface area contributed by atoms with Crippen molar-refractivity contribution in [1.29, 1.82) is 0 Å². The van der Waals surface area contributed by atoms with E-state index in [0.29, 0.717) is 5.56 Å². The SMILES string of the molecule is O=C(NP1(=O)Nc2cccc3cccc(c23)N1)c1ccccc1. The molecule has 1 amide bonds. The van der Waals surface area contributed by atoms with E-state index in [1.165, 1.54) is 0 Å². The molecule has 114 valence electrons. The summed E-state index contributed by atoms with van der Waals surface area (Å²) in [5.41, 5.74) is 1.95. The number of carbonyl (C=O) groups is 1. The van der Waals surface area contributed by atoms with Gasteiger partial charge in [-0.05, 0) is 29.7 Å². The molecule has 0 saturated carbocycles. The normalized spacial score (nSPS) is 14.6. The Morgan fingerprint density at radius 2 is 1.43 bits per heavy atom. The second kappa shape index (κ2) is 5.14. The lowest BCUT2D eigenvalue weighted by molar-refractivity contribution is 0.0981. The van der Waals surface area contributed by atoms with Crippen LogP contribution in [0.1, 0.15) is 10.4 Å². The summed E-state index contributed by atoms with van der Waals surface area (Å²) >= 11 is 0. The fourth-order valence-electron chi connectivity index (χ4n) is 2.75. The van der Waals surface area contributed by atoms with Crippen LogP contribution in [0.2, 0.25) is 0 Å². The van der Waals surface area contributed by atoms with Crippen LogP contribution in [-0.2, 0) is 4.57 Å². The summed E-state index contributed by atoms with van der Waals surface area (Å²) in [6.07, 6.45) is 0. The van der Waals surface area contributed by atoms with E-state index in [2.05, 4.69) is 15.3 Å². The number of rotatable bonds is 2. The number of benzene rings is 3. The highest BCUT2D eigenvalue weighted by molar-refractivity contribution is 7.65. The largest absolute Gasteiger partial charge is 0.355 e. The highest BCUT2D eigenvalue weighted by Gasteiger charge is 2.30. The minimum Gasteiger partial charge on any atom is -0.303 e. The molecule has 6 heteroatoms. The average molecular weight is 323 g/mol. The van der Waals surface area contributed by atoms with Gasteiger partial charge in [0, 0.05) is 10.9 Å². The molecule has 5 nitrogen and oxygen atoms in total. The molecule has 0 saturated heterocycles. The molecule has 0 radical (unpaired) electrons. The summed E-state index contributed by atoms with van der Waals surface area (Å²) in [5.74, 6) is -0.388. The number of amides is 1. The highest BCUT2D eigenvalue weighted by Crippen LogP contribution is 2.50. The fourth-order valence-corrected chi connectivity index (χ4v) is 4.38. The molecule has 0 unspecified atom stereocenters. The lowest BCUT2D eigenvalue weighted by atomic mass is 10.1. The second-order valence-electron chi connectivity index (χ2n) is 5.35. The molecule has 0 bridgehead atoms. The van der Waals surface area contributed by atoms with Crippen LogP contribution >= 0.6 is 7.59 Å². The first-order chi connectivity index (χ1) is 11.1. The Kier molecular flexibility index (Phi) is 3.10. The van der Waals surface area contributed by atoms with Crippen molar-refractivity contribution in [2.75, 3.05) is 10.2 Å². The summed E-state index contributed by atoms with van der Waals surface area (Å²) in [6, 6.07) is 20.2. The number of nitrogens with one attached hydrogen (secondary N) is 3. The molecule has 0 aromatic heterocycles. The molecule has 1 aliphatic heterocycles. The van der Waals surface area contributed by atoms with Gasteiger partial charge < -0.3 is 10.2 Å². The molecule has 0 atom stereocenters. The molecule has 0 spiro atoms. The van der Waals surface area contributed by atoms with E-state index in [4.69, 9.17) is 0 Å². The maximum Gasteiger partial charge on any atom is 0.355 e. The molecule has 0 fully saturated rings. The summed E-state index contributed by atoms with van der Waals surface area (Å²) < 4.78 is 13.1. The Balaban J connectivity index is 1.69. The van der Waals surface area contributed by atoms with E-state index in [1.807, 2.05) is 42.5 Å². The Bertz CT molecular complexity index is 912. The first-order valence-corrected chi connectivity index (χ1v) is 8.91. The molecule has 0 aliphatic carbocycles. The quantitative estimate of drug-likeness (QED) is 0.618. The van der Waals surface area contributed by atoms with Crippen LogP contribution in [0, 0.1) is 0 Å². The molecule has 3 aromatic carbocycles. The van der Waals surface area contributed by atoms with Crippen molar-refractivity contribution in [3.63, 3.8) is 0 Å². The third-order valence-electron chi connectivity index (χ3n) is 3.76. The van der Waals surface area contributed by atoms with E-state index in [-0.39, 0.29) is 5.91 Å². The van der Waals surface area contributed by atoms with Gasteiger partial charge in [-0.1, -0.05) is 42.5 Å². The van der Waals surface area contributed by atoms with Gasteiger partial charge in [-0.3, -0.25) is 14.4 Å². The Hall–Kier alpha value is -2.78. The van der Waals surface area contributed by atoms with Gasteiger partial charge in [0.1, 0.15) is 0 Å². The molecule has 1 heterocycles. The molecule has 3 N–H and O–H groups in total. The van der Waals surface area contributed by atoms with Gasteiger partial charge in [0.15, 0.2) is 0 Å². The van der Waals surface area contributed by atoms with E-state index in [1.54, 1.807) is 24.3 Å². The molecule has 4 rings (SSSR count). The summed E-state index contributed by atoms with van der Waals surface area (Å²) in [5, 5.41) is 10.5. The van der Waals surface area contributed by atoms with Crippen LogP contribution in [0.4, 0.5) is 11.4 Å². The lowest BCUT2D eigenvalue weighted by Crippen LogP contribution is -2.29. The van der Waals surface area contributed by atoms with Crippen LogP contribution in [0.3, 0.4) is 0 Å². The first-order valence-electron chi connectivity index (χ1n) is 7.21. The zero-order valence-corrected chi connectivity index (χ0v) is 13.0. The molecule has 1 aliphatic rings. The monoisotopic (exact) mass is 323 g/mol. The van der Waals surface area contributed by atoms with Crippen molar-refractivity contribution in [3.05, 3.63) is 72.3 Å². The number of carbonyl (C=O) groups excluding carboxylic acids is 1. The Morgan fingerprint density at radius 1 is 0.826 bits per heavy atom. The fraction of sp³-hybridized carbons (Fsp3) is 0. The van der Waals surface area contributed by atoms with Crippen LogP contribution in [0.5, 0.6) is 0 Å². The van der Waals surface area contributed by atoms with Gasteiger partial charge >= 0.3 is 7.59 Å². The topological polar surface area (TPSA) is 70.2 Å². The predicted octanol–water partition coefficient (Wildman–Crippen LogP) is 4.22. The number of hydrogen-bond acceptors (Lipinski definition) is 2. The average Bonchev–Trinajstić information content (AvgIpc) is 2.55. The molecular weight excluding hydrogens is 309 g/mol. The van der Waals surface area contributed by atoms with E-state index in [9.17, 15) is 9.36 Å². The van der Waals surface area contributed by atoms with Crippen molar-refractivity contribution < 1.29 is 9.36 Å². The second-order valence-corrected chi connectivity index (χ2v) is 7.24. The van der Waals surface area contributed by atoms with Crippen LogP contribution in [-0.4, -0.2) is 5.91 Å². The van der Waals surface area contributed by atoms with Gasteiger partial charge in [0.05, 0.1) is 11.4 Å². The minimum absolute atomic E-state index is 0.388. The molecule has 23 heavy (non-hydrogen) atoms. The maximum atomic E-state index is 13.1. The molecular formula is C17H14N3O2P. The first kappa shape index (κ1) is 13.9. The smallest absolute Gasteiger partial charge is 0.303 e. The van der Waals surface area contributed by atoms with E-state index >= 15 is 0 Å². The van der Waals surface area contributed by atoms with Crippen LogP contribution < -0.4 is 15.3 Å². The van der Waals surface area contributed by atoms with Gasteiger partial charge in [0.2, 0.25) is 0 Å². The standard InChI is InChI=1S/C17H14N3O2P/c21-17(13-6-2-1-3-7-13)20-23(22)18-14-10-4-8-12-9-5-11-15(19-23)16(12)14/h1-11H,(H3,18,19,20,21,22). The van der Waals surface area contributed by atoms with Crippen molar-refractivity contribution >= 4 is 35.6 Å².